The Bertz CT molecular complexity index is 1330. The number of hydrogen-bond donors (Lipinski definition) is 1. The molecule has 0 aliphatic rings. The molecule has 0 saturated heterocycles. The van der Waals surface area contributed by atoms with E-state index in [2.05, 4.69) is 11.9 Å². The van der Waals surface area contributed by atoms with E-state index in [0.29, 0.717) is 22.8 Å². The van der Waals surface area contributed by atoms with Gasteiger partial charge in [-0.3, -0.25) is 0 Å². The standard InChI is InChI=1S/C29H27NO6/c1-20(2)28(31)34-19-18-33-17-16-30-29(32)36-27-24-14-8-6-12-22(24)26(23-13-7-9-15-25(23)27)35-21-10-4-3-5-11-21/h3-15H,1,16-19H2,2H3,(H,30,32). The molecule has 0 aliphatic heterocycles. The van der Waals surface area contributed by atoms with E-state index in [4.69, 9.17) is 18.9 Å². The Labute approximate surface area is 209 Å². The molecule has 0 fully saturated rings. The molecule has 7 nitrogen and oxygen atoms in total. The molecule has 1 amide bonds. The molecule has 0 radical (unpaired) electrons. The average Bonchev–Trinajstić information content (AvgIpc) is 2.90. The van der Waals surface area contributed by atoms with Crippen LogP contribution in [0.5, 0.6) is 17.2 Å². The van der Waals surface area contributed by atoms with Crippen molar-refractivity contribution in [2.75, 3.05) is 26.4 Å². The zero-order valence-electron chi connectivity index (χ0n) is 20.0. The van der Waals surface area contributed by atoms with Gasteiger partial charge in [0.15, 0.2) is 0 Å². The van der Waals surface area contributed by atoms with Crippen molar-refractivity contribution in [3.8, 4) is 17.2 Å². The van der Waals surface area contributed by atoms with Crippen LogP contribution in [-0.2, 0) is 14.3 Å². The lowest BCUT2D eigenvalue weighted by atomic mass is 10.0. The number of carbonyl (C=O) groups excluding carboxylic acids is 2. The molecule has 4 aromatic rings. The number of hydrogen-bond acceptors (Lipinski definition) is 6. The maximum absolute atomic E-state index is 12.6. The van der Waals surface area contributed by atoms with Crippen LogP contribution in [0.1, 0.15) is 6.92 Å². The Morgan fingerprint density at radius 2 is 1.31 bits per heavy atom. The fourth-order valence-electron chi connectivity index (χ4n) is 3.65. The molecule has 1 N–H and O–H groups in total. The molecule has 7 heteroatoms. The number of para-hydroxylation sites is 1. The van der Waals surface area contributed by atoms with E-state index < -0.39 is 12.1 Å². The Balaban J connectivity index is 1.47. The Hall–Kier alpha value is -4.36. The van der Waals surface area contributed by atoms with E-state index in [1.54, 1.807) is 6.92 Å². The van der Waals surface area contributed by atoms with Crippen LogP contribution in [0, 0.1) is 0 Å². The lowest BCUT2D eigenvalue weighted by Crippen LogP contribution is -2.30. The summed E-state index contributed by atoms with van der Waals surface area (Å²) in [5.41, 5.74) is 0.333. The monoisotopic (exact) mass is 485 g/mol. The number of nitrogens with one attached hydrogen (secondary N) is 1. The van der Waals surface area contributed by atoms with Crippen molar-refractivity contribution in [2.45, 2.75) is 6.92 Å². The number of benzene rings is 4. The fraction of sp³-hybridized carbons (Fsp3) is 0.172. The number of ether oxygens (including phenoxy) is 4. The maximum Gasteiger partial charge on any atom is 0.412 e. The molecule has 0 bridgehead atoms. The largest absolute Gasteiger partial charge is 0.460 e. The van der Waals surface area contributed by atoms with E-state index >= 15 is 0 Å². The van der Waals surface area contributed by atoms with Gasteiger partial charge < -0.3 is 24.3 Å². The van der Waals surface area contributed by atoms with Gasteiger partial charge in [-0.1, -0.05) is 73.3 Å². The number of amides is 1. The lowest BCUT2D eigenvalue weighted by Gasteiger charge is -2.17. The Morgan fingerprint density at radius 3 is 1.89 bits per heavy atom. The van der Waals surface area contributed by atoms with Gasteiger partial charge in [-0.05, 0) is 19.1 Å². The first kappa shape index (κ1) is 24.8. The van der Waals surface area contributed by atoms with Gasteiger partial charge in [0.05, 0.1) is 13.2 Å². The zero-order valence-corrected chi connectivity index (χ0v) is 20.0. The van der Waals surface area contributed by atoms with Crippen molar-refractivity contribution in [2.24, 2.45) is 0 Å². The molecule has 4 aromatic carbocycles. The minimum absolute atomic E-state index is 0.117. The van der Waals surface area contributed by atoms with E-state index in [-0.39, 0.29) is 26.4 Å². The summed E-state index contributed by atoms with van der Waals surface area (Å²) >= 11 is 0. The van der Waals surface area contributed by atoms with Gasteiger partial charge >= 0.3 is 12.1 Å². The number of fused-ring (bicyclic) bond motifs is 2. The van der Waals surface area contributed by atoms with Gasteiger partial charge in [0, 0.05) is 33.7 Å². The molecule has 0 saturated carbocycles. The molecular weight excluding hydrogens is 458 g/mol. The summed E-state index contributed by atoms with van der Waals surface area (Å²) in [5, 5.41) is 5.87. The van der Waals surface area contributed by atoms with E-state index in [1.807, 2.05) is 78.9 Å². The maximum atomic E-state index is 12.6. The van der Waals surface area contributed by atoms with Crippen LogP contribution >= 0.6 is 0 Å². The average molecular weight is 486 g/mol. The van der Waals surface area contributed by atoms with Gasteiger partial charge in [0.2, 0.25) is 0 Å². The van der Waals surface area contributed by atoms with Gasteiger partial charge in [-0.15, -0.1) is 0 Å². The van der Waals surface area contributed by atoms with Crippen molar-refractivity contribution < 1.29 is 28.5 Å². The molecule has 0 heterocycles. The second-order valence-corrected chi connectivity index (χ2v) is 8.01. The van der Waals surface area contributed by atoms with Crippen molar-refractivity contribution in [1.29, 1.82) is 0 Å². The van der Waals surface area contributed by atoms with Crippen LogP contribution in [0.25, 0.3) is 21.5 Å². The predicted octanol–water partition coefficient (Wildman–Crippen LogP) is 6.01. The van der Waals surface area contributed by atoms with Gasteiger partial charge in [0.25, 0.3) is 0 Å². The summed E-state index contributed by atoms with van der Waals surface area (Å²) in [6, 6.07) is 24.9. The highest BCUT2D eigenvalue weighted by atomic mass is 16.6. The van der Waals surface area contributed by atoms with Gasteiger partial charge in [0.1, 0.15) is 23.9 Å². The molecule has 0 aromatic heterocycles. The molecule has 0 aliphatic carbocycles. The fourth-order valence-corrected chi connectivity index (χ4v) is 3.65. The van der Waals surface area contributed by atoms with Crippen LogP contribution < -0.4 is 14.8 Å². The molecule has 0 atom stereocenters. The third kappa shape index (κ3) is 6.00. The molecule has 0 spiro atoms. The summed E-state index contributed by atoms with van der Waals surface area (Å²) in [6.45, 7) is 5.90. The van der Waals surface area contributed by atoms with Crippen LogP contribution in [0.2, 0.25) is 0 Å². The number of esters is 1. The van der Waals surface area contributed by atoms with Crippen LogP contribution in [0.3, 0.4) is 0 Å². The molecule has 184 valence electrons. The molecule has 0 unspecified atom stereocenters. The summed E-state index contributed by atoms with van der Waals surface area (Å²) in [5.74, 6) is 1.40. The molecule has 36 heavy (non-hydrogen) atoms. The van der Waals surface area contributed by atoms with Crippen LogP contribution in [-0.4, -0.2) is 38.4 Å². The second kappa shape index (κ2) is 11.9. The minimum atomic E-state index is -0.598. The molecular formula is C29H27NO6. The predicted molar refractivity (Wildman–Crippen MR) is 139 cm³/mol. The first-order valence-corrected chi connectivity index (χ1v) is 11.6. The Morgan fingerprint density at radius 1 is 0.750 bits per heavy atom. The highest BCUT2D eigenvalue weighted by molar-refractivity contribution is 6.12. The lowest BCUT2D eigenvalue weighted by molar-refractivity contribution is -0.140. The number of carbonyl (C=O) groups is 2. The van der Waals surface area contributed by atoms with Gasteiger partial charge in [-0.25, -0.2) is 9.59 Å². The SMILES string of the molecule is C=C(C)C(=O)OCCOCCNC(=O)Oc1c2ccccc2c(Oc2ccccc2)c2ccccc12. The summed E-state index contributed by atoms with van der Waals surface area (Å²) < 4.78 is 22.4. The first-order valence-electron chi connectivity index (χ1n) is 11.6. The third-order valence-corrected chi connectivity index (χ3v) is 5.32. The normalized spacial score (nSPS) is 10.7. The quantitative estimate of drug-likeness (QED) is 0.128. The first-order chi connectivity index (χ1) is 17.5. The van der Waals surface area contributed by atoms with Crippen molar-refractivity contribution in [3.05, 3.63) is 91.0 Å². The van der Waals surface area contributed by atoms with E-state index in [1.165, 1.54) is 0 Å². The van der Waals surface area contributed by atoms with Crippen molar-refractivity contribution in [1.82, 2.24) is 5.32 Å². The second-order valence-electron chi connectivity index (χ2n) is 8.01. The van der Waals surface area contributed by atoms with Gasteiger partial charge in [-0.2, -0.15) is 0 Å². The minimum Gasteiger partial charge on any atom is -0.460 e. The summed E-state index contributed by atoms with van der Waals surface area (Å²) in [4.78, 5) is 24.0. The number of rotatable bonds is 10. The van der Waals surface area contributed by atoms with E-state index in [9.17, 15) is 9.59 Å². The topological polar surface area (TPSA) is 83.1 Å². The Kier molecular flexibility index (Phi) is 8.16. The highest BCUT2D eigenvalue weighted by Gasteiger charge is 2.18. The summed E-state index contributed by atoms with van der Waals surface area (Å²) in [6.07, 6.45) is -0.598. The van der Waals surface area contributed by atoms with Crippen LogP contribution in [0.4, 0.5) is 4.79 Å². The summed E-state index contributed by atoms with van der Waals surface area (Å²) in [7, 11) is 0. The van der Waals surface area contributed by atoms with Crippen molar-refractivity contribution >= 4 is 33.6 Å². The highest BCUT2D eigenvalue weighted by Crippen LogP contribution is 2.44. The smallest absolute Gasteiger partial charge is 0.412 e. The van der Waals surface area contributed by atoms with E-state index in [0.717, 1.165) is 21.5 Å². The third-order valence-electron chi connectivity index (χ3n) is 5.32. The zero-order chi connectivity index (χ0) is 25.3. The molecule has 4 rings (SSSR count). The van der Waals surface area contributed by atoms with Crippen LogP contribution in [0.15, 0.2) is 91.0 Å². The van der Waals surface area contributed by atoms with Crippen molar-refractivity contribution in [3.63, 3.8) is 0 Å².